The molecule has 90 valence electrons. The Morgan fingerprint density at radius 3 is 2.35 bits per heavy atom. The molecule has 0 aliphatic carbocycles. The van der Waals surface area contributed by atoms with Crippen molar-refractivity contribution in [2.75, 3.05) is 13.6 Å². The van der Waals surface area contributed by atoms with Gasteiger partial charge in [0.15, 0.2) is 0 Å². The van der Waals surface area contributed by atoms with Gasteiger partial charge in [0, 0.05) is 7.05 Å². The molecule has 1 rings (SSSR count). The summed E-state index contributed by atoms with van der Waals surface area (Å²) in [6.45, 7) is -0.609. The van der Waals surface area contributed by atoms with Gasteiger partial charge in [-0.3, -0.25) is 4.79 Å². The van der Waals surface area contributed by atoms with Crippen molar-refractivity contribution in [3.63, 3.8) is 0 Å². The third-order valence-electron chi connectivity index (χ3n) is 2.05. The topological polar surface area (TPSA) is 98.5 Å². The number of benzene rings is 1. The Morgan fingerprint density at radius 1 is 1.41 bits per heavy atom. The van der Waals surface area contributed by atoms with Crippen LogP contribution < -0.4 is 0 Å². The first-order valence-corrected chi connectivity index (χ1v) is 6.00. The lowest BCUT2D eigenvalue weighted by atomic mass is 10.2. The third-order valence-corrected chi connectivity index (χ3v) is 3.87. The predicted molar refractivity (Wildman–Crippen MR) is 58.6 cm³/mol. The van der Waals surface area contributed by atoms with Crippen LogP contribution in [0.1, 0.15) is 5.56 Å². The Bertz CT molecular complexity index is 557. The summed E-state index contributed by atoms with van der Waals surface area (Å²) < 4.78 is 24.4. The maximum absolute atomic E-state index is 11.8. The predicted octanol–water partition coefficient (Wildman–Crippen LogP) is 0.263. The van der Waals surface area contributed by atoms with Crippen LogP contribution in [0.2, 0.25) is 0 Å². The van der Waals surface area contributed by atoms with Crippen molar-refractivity contribution in [3.05, 3.63) is 29.8 Å². The molecule has 0 saturated carbocycles. The molecule has 1 N–H and O–H groups in total. The maximum atomic E-state index is 11.8. The molecule has 0 aromatic heterocycles. The van der Waals surface area contributed by atoms with Crippen LogP contribution >= 0.6 is 0 Å². The number of nitrogens with zero attached hydrogens (tertiary/aromatic N) is 2. The zero-order valence-electron chi connectivity index (χ0n) is 8.99. The molecule has 0 unspecified atom stereocenters. The van der Waals surface area contributed by atoms with Gasteiger partial charge < -0.3 is 5.11 Å². The number of carboxylic acid groups (broad SMARTS) is 1. The van der Waals surface area contributed by atoms with Gasteiger partial charge in [-0.05, 0) is 24.3 Å². The number of hydrogen-bond donors (Lipinski definition) is 1. The van der Waals surface area contributed by atoms with Gasteiger partial charge in [0.2, 0.25) is 10.0 Å². The van der Waals surface area contributed by atoms with E-state index >= 15 is 0 Å². The first-order chi connectivity index (χ1) is 7.87. The van der Waals surface area contributed by atoms with Crippen LogP contribution in [0, 0.1) is 11.3 Å². The highest BCUT2D eigenvalue weighted by molar-refractivity contribution is 7.89. The maximum Gasteiger partial charge on any atom is 0.318 e. The van der Waals surface area contributed by atoms with Crippen molar-refractivity contribution in [2.24, 2.45) is 0 Å². The molecule has 0 aliphatic rings. The SMILES string of the molecule is CN(CC(=O)O)S(=O)(=O)c1ccc(C#N)cc1. The lowest BCUT2D eigenvalue weighted by Crippen LogP contribution is -2.31. The zero-order valence-corrected chi connectivity index (χ0v) is 9.81. The van der Waals surface area contributed by atoms with Gasteiger partial charge in [0.25, 0.3) is 0 Å². The van der Waals surface area contributed by atoms with E-state index in [4.69, 9.17) is 10.4 Å². The average Bonchev–Trinajstić information content (AvgIpc) is 2.28. The van der Waals surface area contributed by atoms with Crippen molar-refractivity contribution < 1.29 is 18.3 Å². The fraction of sp³-hybridized carbons (Fsp3) is 0.200. The number of rotatable bonds is 4. The summed E-state index contributed by atoms with van der Waals surface area (Å²) in [4.78, 5) is 10.4. The number of likely N-dealkylation sites (N-methyl/N-ethyl adjacent to an activating group) is 1. The Balaban J connectivity index is 3.05. The van der Waals surface area contributed by atoms with Crippen LogP contribution in [-0.4, -0.2) is 37.4 Å². The van der Waals surface area contributed by atoms with Crippen LogP contribution in [0.5, 0.6) is 0 Å². The van der Waals surface area contributed by atoms with Gasteiger partial charge >= 0.3 is 5.97 Å². The molecule has 0 amide bonds. The van der Waals surface area contributed by atoms with Crippen LogP contribution in [-0.2, 0) is 14.8 Å². The van der Waals surface area contributed by atoms with Crippen molar-refractivity contribution in [3.8, 4) is 6.07 Å². The summed E-state index contributed by atoms with van der Waals surface area (Å²) in [5, 5.41) is 17.1. The average molecular weight is 254 g/mol. The van der Waals surface area contributed by atoms with E-state index in [1.165, 1.54) is 31.3 Å². The summed E-state index contributed by atoms with van der Waals surface area (Å²) in [5.74, 6) is -1.23. The summed E-state index contributed by atoms with van der Waals surface area (Å²) in [5.41, 5.74) is 0.338. The first-order valence-electron chi connectivity index (χ1n) is 4.56. The van der Waals surface area contributed by atoms with E-state index in [2.05, 4.69) is 0 Å². The minimum absolute atomic E-state index is 0.0414. The minimum atomic E-state index is -3.82. The number of carboxylic acids is 1. The fourth-order valence-electron chi connectivity index (χ4n) is 1.16. The van der Waals surface area contributed by atoms with Crippen molar-refractivity contribution >= 4 is 16.0 Å². The quantitative estimate of drug-likeness (QED) is 0.831. The molecule has 0 aliphatic heterocycles. The molecule has 0 heterocycles. The smallest absolute Gasteiger partial charge is 0.318 e. The number of hydrogen-bond acceptors (Lipinski definition) is 4. The minimum Gasteiger partial charge on any atom is -0.480 e. The summed E-state index contributed by atoms with van der Waals surface area (Å²) in [6.07, 6.45) is 0. The number of sulfonamides is 1. The van der Waals surface area contributed by atoms with E-state index in [1.807, 2.05) is 6.07 Å². The molecule has 0 bridgehead atoms. The van der Waals surface area contributed by atoms with Gasteiger partial charge in [0.05, 0.1) is 16.5 Å². The molecule has 6 nitrogen and oxygen atoms in total. The van der Waals surface area contributed by atoms with E-state index in [0.29, 0.717) is 5.56 Å². The molecule has 0 spiro atoms. The largest absolute Gasteiger partial charge is 0.480 e. The fourth-order valence-corrected chi connectivity index (χ4v) is 2.28. The molecule has 1 aromatic carbocycles. The van der Waals surface area contributed by atoms with Crippen molar-refractivity contribution in [1.82, 2.24) is 4.31 Å². The Hall–Kier alpha value is -1.91. The van der Waals surface area contributed by atoms with Crippen molar-refractivity contribution in [2.45, 2.75) is 4.90 Å². The van der Waals surface area contributed by atoms with E-state index in [0.717, 1.165) is 4.31 Å². The van der Waals surface area contributed by atoms with Gasteiger partial charge in [-0.15, -0.1) is 0 Å². The Labute approximate surface area is 98.8 Å². The van der Waals surface area contributed by atoms with Gasteiger partial charge in [-0.2, -0.15) is 9.57 Å². The monoisotopic (exact) mass is 254 g/mol. The summed E-state index contributed by atoms with van der Waals surface area (Å²) in [7, 11) is -2.63. The van der Waals surface area contributed by atoms with Gasteiger partial charge in [-0.1, -0.05) is 0 Å². The highest BCUT2D eigenvalue weighted by atomic mass is 32.2. The molecule has 7 heteroatoms. The lowest BCUT2D eigenvalue weighted by Gasteiger charge is -2.14. The molecule has 0 atom stereocenters. The highest BCUT2D eigenvalue weighted by Crippen LogP contribution is 2.14. The van der Waals surface area contributed by atoms with Crippen LogP contribution in [0.15, 0.2) is 29.2 Å². The van der Waals surface area contributed by atoms with Gasteiger partial charge in [-0.25, -0.2) is 8.42 Å². The van der Waals surface area contributed by atoms with Crippen LogP contribution in [0.3, 0.4) is 0 Å². The Morgan fingerprint density at radius 2 is 1.94 bits per heavy atom. The van der Waals surface area contributed by atoms with E-state index < -0.39 is 22.5 Å². The second-order valence-electron chi connectivity index (χ2n) is 3.29. The van der Waals surface area contributed by atoms with E-state index in [9.17, 15) is 13.2 Å². The molecule has 0 saturated heterocycles. The van der Waals surface area contributed by atoms with Crippen LogP contribution in [0.4, 0.5) is 0 Å². The molecule has 17 heavy (non-hydrogen) atoms. The second kappa shape index (κ2) is 4.95. The zero-order chi connectivity index (χ0) is 13.1. The highest BCUT2D eigenvalue weighted by Gasteiger charge is 2.22. The second-order valence-corrected chi connectivity index (χ2v) is 5.34. The molecular formula is C10H10N2O4S. The van der Waals surface area contributed by atoms with E-state index in [-0.39, 0.29) is 4.90 Å². The standard InChI is InChI=1S/C10H10N2O4S/c1-12(7-10(13)14)17(15,16)9-4-2-8(6-11)3-5-9/h2-5H,7H2,1H3,(H,13,14). The Kier molecular flexibility index (Phi) is 3.83. The number of carbonyl (C=O) groups is 1. The number of nitriles is 1. The van der Waals surface area contributed by atoms with Crippen molar-refractivity contribution in [1.29, 1.82) is 5.26 Å². The molecule has 0 fully saturated rings. The summed E-state index contributed by atoms with van der Waals surface area (Å²) >= 11 is 0. The number of aliphatic carboxylic acids is 1. The van der Waals surface area contributed by atoms with E-state index in [1.54, 1.807) is 0 Å². The normalized spacial score (nSPS) is 11.1. The molecular weight excluding hydrogens is 244 g/mol. The molecule has 1 aromatic rings. The van der Waals surface area contributed by atoms with Gasteiger partial charge in [0.1, 0.15) is 6.54 Å². The summed E-state index contributed by atoms with van der Waals surface area (Å²) in [6, 6.07) is 7.13. The lowest BCUT2D eigenvalue weighted by molar-refractivity contribution is -0.137. The van der Waals surface area contributed by atoms with Crippen LogP contribution in [0.25, 0.3) is 0 Å². The third kappa shape index (κ3) is 3.03. The first kappa shape index (κ1) is 13.2. The molecule has 0 radical (unpaired) electrons.